The number of carbonyl (C=O) groups is 1. The number of hydrogen-bond acceptors (Lipinski definition) is 5. The first-order valence-corrected chi connectivity index (χ1v) is 14.3. The van der Waals surface area contributed by atoms with E-state index in [0.29, 0.717) is 26.2 Å². The second-order valence-electron chi connectivity index (χ2n) is 10.0. The van der Waals surface area contributed by atoms with E-state index in [1.807, 2.05) is 41.8 Å². The van der Waals surface area contributed by atoms with Crippen LogP contribution in [-0.4, -0.2) is 57.8 Å². The fourth-order valence-corrected chi connectivity index (χ4v) is 6.67. The van der Waals surface area contributed by atoms with Gasteiger partial charge in [0.05, 0.1) is 12.1 Å². The molecule has 2 atom stereocenters. The van der Waals surface area contributed by atoms with Crippen molar-refractivity contribution in [3.05, 3.63) is 105 Å². The summed E-state index contributed by atoms with van der Waals surface area (Å²) in [7, 11) is 0. The molecule has 0 unspecified atom stereocenters. The number of halogens is 4. The van der Waals surface area contributed by atoms with Gasteiger partial charge in [0, 0.05) is 37.5 Å². The average Bonchev–Trinajstić information content (AvgIpc) is 3.62. The van der Waals surface area contributed by atoms with Gasteiger partial charge in [0.1, 0.15) is 10.8 Å². The fraction of sp³-hybridized carbons (Fsp3) is 0.310. The molecular formula is C29H27ClF3N5OS. The highest BCUT2D eigenvalue weighted by Gasteiger charge is 2.48. The number of aromatic nitrogens is 2. The van der Waals surface area contributed by atoms with Gasteiger partial charge in [-0.05, 0) is 22.6 Å². The van der Waals surface area contributed by atoms with Gasteiger partial charge in [-0.25, -0.2) is 4.68 Å². The van der Waals surface area contributed by atoms with Gasteiger partial charge in [-0.3, -0.25) is 9.69 Å². The number of rotatable bonds is 5. The summed E-state index contributed by atoms with van der Waals surface area (Å²) < 4.78 is 43.1. The van der Waals surface area contributed by atoms with E-state index in [1.54, 1.807) is 17.0 Å². The normalized spacial score (nSPS) is 19.9. The summed E-state index contributed by atoms with van der Waals surface area (Å²) >= 11 is 7.95. The minimum Gasteiger partial charge on any atom is -0.361 e. The van der Waals surface area contributed by atoms with E-state index in [9.17, 15) is 18.0 Å². The number of hydrogen-bond donors (Lipinski definition) is 1. The molecule has 2 aliphatic heterocycles. The van der Waals surface area contributed by atoms with E-state index in [1.165, 1.54) is 11.3 Å². The molecule has 0 aliphatic carbocycles. The van der Waals surface area contributed by atoms with Crippen LogP contribution in [0, 0.1) is 0 Å². The maximum Gasteiger partial charge on any atom is 0.410 e. The minimum atomic E-state index is -4.54. The van der Waals surface area contributed by atoms with Crippen LogP contribution in [0.25, 0.3) is 0 Å². The summed E-state index contributed by atoms with van der Waals surface area (Å²) in [5, 5.41) is 8.99. The van der Waals surface area contributed by atoms with Crippen LogP contribution in [0.5, 0.6) is 0 Å². The summed E-state index contributed by atoms with van der Waals surface area (Å²) in [6.45, 7) is 1.99. The van der Waals surface area contributed by atoms with Gasteiger partial charge in [0.15, 0.2) is 11.7 Å². The molecule has 6 rings (SSSR count). The van der Waals surface area contributed by atoms with E-state index >= 15 is 0 Å². The summed E-state index contributed by atoms with van der Waals surface area (Å²) in [4.78, 5) is 18.3. The Bertz CT molecular complexity index is 1410. The molecule has 0 radical (unpaired) electrons. The quantitative estimate of drug-likeness (QED) is 0.280. The van der Waals surface area contributed by atoms with E-state index in [0.717, 1.165) is 20.7 Å². The second kappa shape index (κ2) is 10.9. The lowest BCUT2D eigenvalue weighted by Crippen LogP contribution is -2.50. The molecule has 208 valence electrons. The number of amides is 1. The summed E-state index contributed by atoms with van der Waals surface area (Å²) in [6, 6.07) is 21.5. The van der Waals surface area contributed by atoms with Crippen LogP contribution in [0.15, 0.2) is 78.2 Å². The molecule has 2 aromatic heterocycles. The lowest BCUT2D eigenvalue weighted by Gasteiger charge is -2.39. The van der Waals surface area contributed by atoms with Crippen LogP contribution in [0.3, 0.4) is 0 Å². The first-order valence-electron chi connectivity index (χ1n) is 13.1. The summed E-state index contributed by atoms with van der Waals surface area (Å²) in [6.07, 6.45) is -4.78. The predicted molar refractivity (Wildman–Crippen MR) is 150 cm³/mol. The number of carbonyl (C=O) groups excluding carboxylic acids is 1. The third-order valence-electron chi connectivity index (χ3n) is 7.58. The third-order valence-corrected chi connectivity index (χ3v) is 8.93. The van der Waals surface area contributed by atoms with Crippen molar-refractivity contribution in [2.24, 2.45) is 0 Å². The van der Waals surface area contributed by atoms with Gasteiger partial charge in [-0.2, -0.15) is 18.3 Å². The molecule has 4 aromatic rings. The number of nitrogens with zero attached hydrogens (tertiary/aromatic N) is 4. The van der Waals surface area contributed by atoms with Gasteiger partial charge >= 0.3 is 6.18 Å². The molecule has 40 heavy (non-hydrogen) atoms. The summed E-state index contributed by atoms with van der Waals surface area (Å²) in [5.41, 5.74) is 2.16. The minimum absolute atomic E-state index is 0.0223. The van der Waals surface area contributed by atoms with Crippen molar-refractivity contribution in [2.45, 2.75) is 30.7 Å². The molecule has 2 aliphatic rings. The fourth-order valence-electron chi connectivity index (χ4n) is 5.62. The Labute approximate surface area is 239 Å². The van der Waals surface area contributed by atoms with Crippen molar-refractivity contribution >= 4 is 34.7 Å². The van der Waals surface area contributed by atoms with E-state index in [4.69, 9.17) is 11.6 Å². The van der Waals surface area contributed by atoms with Crippen LogP contribution >= 0.6 is 22.9 Å². The SMILES string of the molecule is O=C(c1nn2c(c1Cl)N[C@H](c1cccs1)C[C@@H]2C(F)(F)F)N1CCN(C(c2ccccc2)c2ccccc2)CC1. The second-order valence-corrected chi connectivity index (χ2v) is 11.4. The number of nitrogens with one attached hydrogen (secondary N) is 1. The van der Waals surface area contributed by atoms with Gasteiger partial charge in [0.2, 0.25) is 0 Å². The molecule has 0 saturated carbocycles. The van der Waals surface area contributed by atoms with Crippen LogP contribution in [0.4, 0.5) is 19.0 Å². The highest BCUT2D eigenvalue weighted by atomic mass is 35.5. The molecule has 1 saturated heterocycles. The topological polar surface area (TPSA) is 53.4 Å². The largest absolute Gasteiger partial charge is 0.410 e. The Hall–Kier alpha value is -3.34. The zero-order valence-electron chi connectivity index (χ0n) is 21.4. The molecule has 11 heteroatoms. The molecule has 0 spiro atoms. The van der Waals surface area contributed by atoms with Crippen molar-refractivity contribution in [3.8, 4) is 0 Å². The van der Waals surface area contributed by atoms with E-state index < -0.39 is 24.2 Å². The van der Waals surface area contributed by atoms with Gasteiger partial charge in [-0.15, -0.1) is 11.3 Å². The molecule has 0 bridgehead atoms. The van der Waals surface area contributed by atoms with E-state index in [2.05, 4.69) is 39.6 Å². The predicted octanol–water partition coefficient (Wildman–Crippen LogP) is 6.81. The number of benzene rings is 2. The number of anilines is 1. The lowest BCUT2D eigenvalue weighted by molar-refractivity contribution is -0.173. The first kappa shape index (κ1) is 26.9. The molecule has 1 fully saturated rings. The van der Waals surface area contributed by atoms with Gasteiger partial charge in [0.25, 0.3) is 5.91 Å². The maximum atomic E-state index is 14.1. The number of fused-ring (bicyclic) bond motifs is 1. The van der Waals surface area contributed by atoms with Crippen molar-refractivity contribution < 1.29 is 18.0 Å². The first-order chi connectivity index (χ1) is 19.3. The van der Waals surface area contributed by atoms with Crippen LogP contribution < -0.4 is 5.32 Å². The van der Waals surface area contributed by atoms with Gasteiger partial charge < -0.3 is 10.2 Å². The molecule has 1 N–H and O–H groups in total. The highest BCUT2D eigenvalue weighted by molar-refractivity contribution is 7.10. The third kappa shape index (κ3) is 5.11. The Kier molecular flexibility index (Phi) is 7.33. The average molecular weight is 586 g/mol. The van der Waals surface area contributed by atoms with Crippen LogP contribution in [-0.2, 0) is 0 Å². The lowest BCUT2D eigenvalue weighted by atomic mass is 9.96. The highest BCUT2D eigenvalue weighted by Crippen LogP contribution is 2.47. The zero-order chi connectivity index (χ0) is 27.9. The smallest absolute Gasteiger partial charge is 0.361 e. The Morgan fingerprint density at radius 3 is 2.12 bits per heavy atom. The molecule has 1 amide bonds. The molecule has 2 aromatic carbocycles. The number of piperazine rings is 1. The van der Waals surface area contributed by atoms with Crippen molar-refractivity contribution in [1.29, 1.82) is 0 Å². The Morgan fingerprint density at radius 2 is 1.57 bits per heavy atom. The standard InChI is InChI=1S/C29H27ClF3N5OS/c30-24-25(35-38-23(29(31,32)33)18-21(34-27(24)38)22-12-7-17-40-22)28(39)37-15-13-36(14-16-37)26(19-8-3-1-4-9-19)20-10-5-2-6-11-20/h1-12,17,21,23,26,34H,13-16,18H2/t21-,23+/m0/s1. The molecule has 6 nitrogen and oxygen atoms in total. The molecular weight excluding hydrogens is 559 g/mol. The van der Waals surface area contributed by atoms with Crippen LogP contribution in [0.1, 0.15) is 51.0 Å². The van der Waals surface area contributed by atoms with Crippen molar-refractivity contribution in [1.82, 2.24) is 19.6 Å². The van der Waals surface area contributed by atoms with Crippen molar-refractivity contribution in [3.63, 3.8) is 0 Å². The zero-order valence-corrected chi connectivity index (χ0v) is 23.0. The monoisotopic (exact) mass is 585 g/mol. The number of thiophene rings is 1. The summed E-state index contributed by atoms with van der Waals surface area (Å²) in [5.74, 6) is -0.429. The Balaban J connectivity index is 1.23. The van der Waals surface area contributed by atoms with Crippen LogP contribution in [0.2, 0.25) is 5.02 Å². The Morgan fingerprint density at radius 1 is 0.950 bits per heavy atom. The maximum absolute atomic E-state index is 14.1. The molecule has 4 heterocycles. The number of alkyl halides is 3. The van der Waals surface area contributed by atoms with Crippen molar-refractivity contribution in [2.75, 3.05) is 31.5 Å². The van der Waals surface area contributed by atoms with Gasteiger partial charge in [-0.1, -0.05) is 78.3 Å². The van der Waals surface area contributed by atoms with E-state index in [-0.39, 0.29) is 29.0 Å².